The summed E-state index contributed by atoms with van der Waals surface area (Å²) in [5.41, 5.74) is 4.33. The van der Waals surface area contributed by atoms with Gasteiger partial charge in [0.2, 0.25) is 0 Å². The first-order valence-electron chi connectivity index (χ1n) is 9.70. The third-order valence-corrected chi connectivity index (χ3v) is 6.04. The molecule has 0 atom stereocenters. The van der Waals surface area contributed by atoms with Gasteiger partial charge < -0.3 is 10.0 Å². The van der Waals surface area contributed by atoms with E-state index in [0.29, 0.717) is 12.2 Å². The molecule has 0 spiro atoms. The predicted molar refractivity (Wildman–Crippen MR) is 123 cm³/mol. The highest BCUT2D eigenvalue weighted by molar-refractivity contribution is 9.10. The highest BCUT2D eigenvalue weighted by Crippen LogP contribution is 2.28. The normalized spacial score (nSPS) is 13.6. The third-order valence-electron chi connectivity index (χ3n) is 5.19. The molecule has 1 aliphatic rings. The lowest BCUT2D eigenvalue weighted by Crippen LogP contribution is -2.28. The number of amidine groups is 1. The van der Waals surface area contributed by atoms with Crippen LogP contribution in [-0.4, -0.2) is 28.9 Å². The number of phenols is 1. The van der Waals surface area contributed by atoms with Gasteiger partial charge in [-0.15, -0.1) is 0 Å². The second-order valence-corrected chi connectivity index (χ2v) is 8.47. The van der Waals surface area contributed by atoms with Crippen molar-refractivity contribution in [2.45, 2.75) is 19.4 Å². The highest BCUT2D eigenvalue weighted by Gasteiger charge is 2.22. The summed E-state index contributed by atoms with van der Waals surface area (Å²) in [4.78, 5) is 7.12. The quantitative estimate of drug-likeness (QED) is 0.491. The fourth-order valence-electron chi connectivity index (χ4n) is 3.73. The Morgan fingerprint density at radius 1 is 1.00 bits per heavy atom. The Bertz CT molecular complexity index is 1040. The van der Waals surface area contributed by atoms with Crippen LogP contribution in [0.1, 0.15) is 22.3 Å². The van der Waals surface area contributed by atoms with Gasteiger partial charge in [-0.25, -0.2) is 0 Å². The van der Waals surface area contributed by atoms with Crippen LogP contribution in [0.2, 0.25) is 5.02 Å². The van der Waals surface area contributed by atoms with E-state index in [1.165, 1.54) is 5.56 Å². The monoisotopic (exact) mass is 468 g/mol. The number of aliphatic imine (C=N–C) groups is 1. The van der Waals surface area contributed by atoms with Crippen LogP contribution >= 0.6 is 27.5 Å². The fraction of sp³-hybridized carbons (Fsp3) is 0.208. The number of nitrogens with zero attached hydrogens (tertiary/aromatic N) is 2. The SMILES string of the molecule is Oc1ccc(Br)cc1CCc1c(Cl)cccc1C1=NCCN1Cc1ccccc1. The minimum Gasteiger partial charge on any atom is -0.508 e. The van der Waals surface area contributed by atoms with Crippen molar-refractivity contribution in [2.24, 2.45) is 4.99 Å². The summed E-state index contributed by atoms with van der Waals surface area (Å²) in [7, 11) is 0. The van der Waals surface area contributed by atoms with Gasteiger partial charge in [-0.2, -0.15) is 0 Å². The Kier molecular flexibility index (Phi) is 6.22. The zero-order valence-electron chi connectivity index (χ0n) is 16.0. The minimum absolute atomic E-state index is 0.311. The number of aromatic hydroxyl groups is 1. The van der Waals surface area contributed by atoms with Crippen molar-refractivity contribution in [3.63, 3.8) is 0 Å². The van der Waals surface area contributed by atoms with Crippen molar-refractivity contribution in [2.75, 3.05) is 13.1 Å². The molecular formula is C24H22BrClN2O. The van der Waals surface area contributed by atoms with Gasteiger partial charge in [0, 0.05) is 28.1 Å². The van der Waals surface area contributed by atoms with Gasteiger partial charge in [-0.1, -0.05) is 70.0 Å². The van der Waals surface area contributed by atoms with E-state index >= 15 is 0 Å². The number of halogens is 2. The van der Waals surface area contributed by atoms with Crippen LogP contribution < -0.4 is 0 Å². The second-order valence-electron chi connectivity index (χ2n) is 7.15. The standard InChI is InChI=1S/C24H22BrClN2O/c25-19-10-12-23(29)18(15-19)9-11-20-21(7-4-8-22(20)26)24-27-13-14-28(24)16-17-5-2-1-3-6-17/h1-8,10,12,15,29H,9,11,13-14,16H2. The second kappa shape index (κ2) is 9.02. The number of rotatable bonds is 6. The zero-order valence-corrected chi connectivity index (χ0v) is 18.3. The van der Waals surface area contributed by atoms with E-state index in [2.05, 4.69) is 51.2 Å². The van der Waals surface area contributed by atoms with Crippen LogP contribution in [0.3, 0.4) is 0 Å². The summed E-state index contributed by atoms with van der Waals surface area (Å²) in [5, 5.41) is 10.9. The lowest BCUT2D eigenvalue weighted by atomic mass is 9.98. The Balaban J connectivity index is 1.59. The lowest BCUT2D eigenvalue weighted by Gasteiger charge is -2.23. The molecule has 148 valence electrons. The molecule has 1 N–H and O–H groups in total. The maximum Gasteiger partial charge on any atom is 0.131 e. The number of benzene rings is 3. The van der Waals surface area contributed by atoms with Gasteiger partial charge in [0.05, 0.1) is 6.54 Å². The van der Waals surface area contributed by atoms with Gasteiger partial charge in [0.25, 0.3) is 0 Å². The molecule has 3 aromatic rings. The first-order valence-corrected chi connectivity index (χ1v) is 10.9. The first kappa shape index (κ1) is 20.0. The summed E-state index contributed by atoms with van der Waals surface area (Å²) >= 11 is 10.1. The number of aryl methyl sites for hydroxylation is 1. The van der Waals surface area contributed by atoms with Gasteiger partial charge in [0.1, 0.15) is 11.6 Å². The van der Waals surface area contributed by atoms with E-state index in [1.807, 2.05) is 30.3 Å². The van der Waals surface area contributed by atoms with Crippen LogP contribution in [0.15, 0.2) is 76.2 Å². The molecule has 5 heteroatoms. The summed E-state index contributed by atoms with van der Waals surface area (Å²) in [5.74, 6) is 1.32. The summed E-state index contributed by atoms with van der Waals surface area (Å²) in [6.45, 7) is 2.53. The maximum absolute atomic E-state index is 10.2. The van der Waals surface area contributed by atoms with E-state index in [-0.39, 0.29) is 0 Å². The van der Waals surface area contributed by atoms with E-state index in [9.17, 15) is 5.11 Å². The molecule has 0 aromatic heterocycles. The van der Waals surface area contributed by atoms with Crippen LogP contribution in [0.25, 0.3) is 0 Å². The smallest absolute Gasteiger partial charge is 0.131 e. The molecule has 0 amide bonds. The van der Waals surface area contributed by atoms with Crippen molar-refractivity contribution < 1.29 is 5.11 Å². The maximum atomic E-state index is 10.2. The average molecular weight is 470 g/mol. The van der Waals surface area contributed by atoms with Gasteiger partial charge in [-0.3, -0.25) is 4.99 Å². The molecule has 0 saturated heterocycles. The molecule has 29 heavy (non-hydrogen) atoms. The summed E-state index contributed by atoms with van der Waals surface area (Å²) < 4.78 is 0.957. The highest BCUT2D eigenvalue weighted by atomic mass is 79.9. The Morgan fingerprint density at radius 2 is 1.83 bits per heavy atom. The molecule has 4 rings (SSSR count). The van der Waals surface area contributed by atoms with Crippen molar-refractivity contribution in [3.8, 4) is 5.75 Å². The lowest BCUT2D eigenvalue weighted by molar-refractivity contribution is 0.452. The third kappa shape index (κ3) is 4.65. The average Bonchev–Trinajstić information content (AvgIpc) is 3.18. The predicted octanol–water partition coefficient (Wildman–Crippen LogP) is 5.86. The minimum atomic E-state index is 0.311. The van der Waals surface area contributed by atoms with E-state index in [0.717, 1.165) is 58.1 Å². The van der Waals surface area contributed by atoms with Gasteiger partial charge >= 0.3 is 0 Å². The number of phenolic OH excluding ortho intramolecular Hbond substituents is 1. The summed E-state index contributed by atoms with van der Waals surface area (Å²) in [6.07, 6.45) is 1.44. The number of hydrogen-bond acceptors (Lipinski definition) is 3. The Labute approximate surface area is 184 Å². The molecule has 0 aliphatic carbocycles. The molecule has 1 aliphatic heterocycles. The topological polar surface area (TPSA) is 35.8 Å². The van der Waals surface area contributed by atoms with Crippen LogP contribution in [0.4, 0.5) is 0 Å². The molecule has 3 nitrogen and oxygen atoms in total. The largest absolute Gasteiger partial charge is 0.508 e. The van der Waals surface area contributed by atoms with Crippen molar-refractivity contribution >= 4 is 33.4 Å². The van der Waals surface area contributed by atoms with E-state index in [4.69, 9.17) is 16.6 Å². The number of hydrogen-bond donors (Lipinski definition) is 1. The van der Waals surface area contributed by atoms with Crippen LogP contribution in [0.5, 0.6) is 5.75 Å². The summed E-state index contributed by atoms with van der Waals surface area (Å²) in [6, 6.07) is 22.0. The Morgan fingerprint density at radius 3 is 2.66 bits per heavy atom. The first-order chi connectivity index (χ1) is 14.1. The molecular weight excluding hydrogens is 448 g/mol. The van der Waals surface area contributed by atoms with Crippen molar-refractivity contribution in [3.05, 3.63) is 98.5 Å². The van der Waals surface area contributed by atoms with E-state index < -0.39 is 0 Å². The van der Waals surface area contributed by atoms with Crippen molar-refractivity contribution in [1.29, 1.82) is 0 Å². The zero-order chi connectivity index (χ0) is 20.2. The molecule has 0 bridgehead atoms. The molecule has 0 fully saturated rings. The van der Waals surface area contributed by atoms with E-state index in [1.54, 1.807) is 6.07 Å². The van der Waals surface area contributed by atoms with Gasteiger partial charge in [0.15, 0.2) is 0 Å². The fourth-order valence-corrected chi connectivity index (χ4v) is 4.41. The Hall–Kier alpha value is -2.30. The molecule has 0 saturated carbocycles. The molecule has 3 aromatic carbocycles. The van der Waals surface area contributed by atoms with Crippen molar-refractivity contribution in [1.82, 2.24) is 4.90 Å². The van der Waals surface area contributed by atoms with Crippen LogP contribution in [0, 0.1) is 0 Å². The molecule has 0 radical (unpaired) electrons. The van der Waals surface area contributed by atoms with Gasteiger partial charge in [-0.05, 0) is 53.8 Å². The van der Waals surface area contributed by atoms with Crippen LogP contribution in [-0.2, 0) is 19.4 Å². The molecule has 1 heterocycles. The molecule has 0 unspecified atom stereocenters.